The number of anilines is 2. The Labute approximate surface area is 249 Å². The Morgan fingerprint density at radius 3 is 2.48 bits per heavy atom. The molecule has 1 aliphatic heterocycles. The Morgan fingerprint density at radius 1 is 1.07 bits per heavy atom. The largest absolute Gasteiger partial charge is 0.378 e. The summed E-state index contributed by atoms with van der Waals surface area (Å²) in [6, 6.07) is 16.1. The molecule has 0 unspecified atom stereocenters. The summed E-state index contributed by atoms with van der Waals surface area (Å²) in [7, 11) is 2.07. The van der Waals surface area contributed by atoms with Crippen molar-refractivity contribution >= 4 is 46.6 Å². The zero-order valence-corrected chi connectivity index (χ0v) is 24.9. The summed E-state index contributed by atoms with van der Waals surface area (Å²) in [5.74, 6) is 1.90. The number of aromatic nitrogens is 4. The quantitative estimate of drug-likeness (QED) is 0.102. The predicted molar refractivity (Wildman–Crippen MR) is 167 cm³/mol. The van der Waals surface area contributed by atoms with Crippen molar-refractivity contribution in [3.05, 3.63) is 71.6 Å². The smallest absolute Gasteiger partial charge is 0.267 e. The molecule has 5 rings (SSSR count). The average molecular weight is 589 g/mol. The number of fused-ring (bicyclic) bond motifs is 1. The molecule has 3 heterocycles. The third kappa shape index (κ3) is 6.90. The van der Waals surface area contributed by atoms with Gasteiger partial charge in [-0.3, -0.25) is 14.9 Å². The van der Waals surface area contributed by atoms with E-state index in [1.54, 1.807) is 23.5 Å². The third-order valence-electron chi connectivity index (χ3n) is 7.03. The van der Waals surface area contributed by atoms with Crippen LogP contribution in [0.1, 0.15) is 23.9 Å². The van der Waals surface area contributed by atoms with Gasteiger partial charge in [0.1, 0.15) is 5.82 Å². The van der Waals surface area contributed by atoms with Gasteiger partial charge >= 0.3 is 0 Å². The highest BCUT2D eigenvalue weighted by atomic mass is 32.2. The fraction of sp³-hybridized carbons (Fsp3) is 0.333. The minimum Gasteiger partial charge on any atom is -0.378 e. The summed E-state index contributed by atoms with van der Waals surface area (Å²) in [5.41, 5.74) is 7.24. The lowest BCUT2D eigenvalue weighted by Crippen LogP contribution is -2.37. The number of benzene rings is 2. The van der Waals surface area contributed by atoms with Crippen LogP contribution in [0.4, 0.5) is 11.5 Å². The van der Waals surface area contributed by atoms with Crippen molar-refractivity contribution in [3.8, 4) is 11.4 Å². The van der Waals surface area contributed by atoms with Gasteiger partial charge in [0.15, 0.2) is 22.8 Å². The van der Waals surface area contributed by atoms with Gasteiger partial charge in [0.2, 0.25) is 0 Å². The number of hydrogen-bond acceptors (Lipinski definition) is 10. The van der Waals surface area contributed by atoms with E-state index in [2.05, 4.69) is 33.1 Å². The zero-order chi connectivity index (χ0) is 29.5. The van der Waals surface area contributed by atoms with Crippen LogP contribution in [0, 0.1) is 0 Å². The molecule has 0 radical (unpaired) electrons. The predicted octanol–water partition coefficient (Wildman–Crippen LogP) is 4.19. The number of imidazole rings is 1. The highest BCUT2D eigenvalue weighted by Gasteiger charge is 2.23. The number of carbonyl (C=O) groups is 1. The molecule has 0 saturated carbocycles. The van der Waals surface area contributed by atoms with Crippen LogP contribution in [0.2, 0.25) is 0 Å². The van der Waals surface area contributed by atoms with Crippen molar-refractivity contribution in [2.24, 2.45) is 0 Å². The number of aryl methyl sites for hydroxylation is 1. The molecular formula is C30H36N8O3S. The Balaban J connectivity index is 1.43. The molecule has 1 amide bonds. The van der Waals surface area contributed by atoms with Gasteiger partial charge in [-0.2, -0.15) is 0 Å². The highest BCUT2D eigenvalue weighted by Crippen LogP contribution is 2.30. The molecule has 0 bridgehead atoms. The van der Waals surface area contributed by atoms with E-state index in [1.807, 2.05) is 54.8 Å². The molecule has 2 aromatic heterocycles. The maximum Gasteiger partial charge on any atom is 0.267 e. The van der Waals surface area contributed by atoms with Crippen molar-refractivity contribution in [3.63, 3.8) is 0 Å². The number of rotatable bonds is 11. The van der Waals surface area contributed by atoms with Gasteiger partial charge in [-0.05, 0) is 55.4 Å². The molecule has 3 N–H and O–H groups in total. The summed E-state index contributed by atoms with van der Waals surface area (Å²) in [4.78, 5) is 30.9. The first-order chi connectivity index (χ1) is 20.5. The minimum atomic E-state index is -0.562. The molecule has 0 spiro atoms. The van der Waals surface area contributed by atoms with Crippen LogP contribution in [-0.2, 0) is 29.2 Å². The van der Waals surface area contributed by atoms with Gasteiger partial charge < -0.3 is 18.9 Å². The Bertz CT molecular complexity index is 1530. The summed E-state index contributed by atoms with van der Waals surface area (Å²) >= 11 is 1.56. The minimum absolute atomic E-state index is 0.562. The first kappa shape index (κ1) is 29.5. The molecule has 1 saturated heterocycles. The van der Waals surface area contributed by atoms with Crippen LogP contribution >= 0.6 is 11.9 Å². The van der Waals surface area contributed by atoms with Gasteiger partial charge in [-0.15, -0.1) is 0 Å². The lowest BCUT2D eigenvalue weighted by atomic mass is 10.1. The topological polar surface area (TPSA) is 121 Å². The molecule has 2 aromatic carbocycles. The second-order valence-electron chi connectivity index (χ2n) is 10.0. The number of nitrogens with zero attached hydrogens (tertiary/aromatic N) is 6. The fourth-order valence-corrected chi connectivity index (χ4v) is 5.34. The number of nitrogens with one attached hydrogen (secondary N) is 2. The van der Waals surface area contributed by atoms with Gasteiger partial charge in [-0.25, -0.2) is 20.4 Å². The van der Waals surface area contributed by atoms with Crippen LogP contribution in [0.5, 0.6) is 0 Å². The molecule has 0 atom stereocenters. The Kier molecular flexibility index (Phi) is 9.70. The molecule has 4 aromatic rings. The van der Waals surface area contributed by atoms with Crippen molar-refractivity contribution in [1.29, 1.82) is 0 Å². The molecule has 220 valence electrons. The third-order valence-corrected chi connectivity index (χ3v) is 7.47. The summed E-state index contributed by atoms with van der Waals surface area (Å²) in [5, 5.41) is 8.65. The van der Waals surface area contributed by atoms with Crippen LogP contribution in [0.25, 0.3) is 28.6 Å². The van der Waals surface area contributed by atoms with E-state index < -0.39 is 5.91 Å². The van der Waals surface area contributed by atoms with Gasteiger partial charge in [0.25, 0.3) is 5.91 Å². The van der Waals surface area contributed by atoms with Crippen molar-refractivity contribution < 1.29 is 14.7 Å². The molecule has 1 fully saturated rings. The standard InChI is InChI=1S/C30H36N8O3S/c1-4-38-25(20-36(2)19-22-7-5-21(6-8-22)9-14-26(39)34-40)31-27-29(37-15-17-41-18-16-37)32-28(33-30(27)38)23-10-12-24(13-11-23)35-42-3/h5-14,35,40H,4,15-20H2,1-3H3,(H,34,39)/b14-9+. The van der Waals surface area contributed by atoms with Gasteiger partial charge in [-0.1, -0.05) is 36.2 Å². The Hall–Kier alpha value is -3.97. The molecular weight excluding hydrogens is 552 g/mol. The van der Waals surface area contributed by atoms with Crippen LogP contribution < -0.4 is 15.1 Å². The van der Waals surface area contributed by atoms with E-state index in [0.29, 0.717) is 25.6 Å². The van der Waals surface area contributed by atoms with Crippen LogP contribution in [0.15, 0.2) is 54.6 Å². The fourth-order valence-electron chi connectivity index (χ4n) is 4.97. The van der Waals surface area contributed by atoms with E-state index in [4.69, 9.17) is 24.9 Å². The summed E-state index contributed by atoms with van der Waals surface area (Å²) < 4.78 is 11.1. The van der Waals surface area contributed by atoms with E-state index in [0.717, 1.165) is 71.4 Å². The zero-order valence-electron chi connectivity index (χ0n) is 24.1. The van der Waals surface area contributed by atoms with E-state index in [9.17, 15) is 4.79 Å². The molecule has 0 aliphatic carbocycles. The maximum absolute atomic E-state index is 11.2. The molecule has 42 heavy (non-hydrogen) atoms. The highest BCUT2D eigenvalue weighted by molar-refractivity contribution is 7.99. The van der Waals surface area contributed by atoms with Crippen molar-refractivity contribution in [2.45, 2.75) is 26.6 Å². The van der Waals surface area contributed by atoms with Gasteiger partial charge in [0.05, 0.1) is 19.8 Å². The Morgan fingerprint density at radius 2 is 1.81 bits per heavy atom. The van der Waals surface area contributed by atoms with Crippen LogP contribution in [0.3, 0.4) is 0 Å². The SMILES string of the molecule is CCn1c(CN(C)Cc2ccc(/C=C/C(=O)NO)cc2)nc2c(N3CCOCC3)nc(-c3ccc(NSC)cc3)nc21. The van der Waals surface area contributed by atoms with E-state index in [1.165, 1.54) is 6.08 Å². The van der Waals surface area contributed by atoms with Gasteiger partial charge in [0, 0.05) is 49.8 Å². The summed E-state index contributed by atoms with van der Waals surface area (Å²) in [6.07, 6.45) is 4.94. The molecule has 11 nitrogen and oxygen atoms in total. The first-order valence-corrected chi connectivity index (χ1v) is 15.1. The monoisotopic (exact) mass is 588 g/mol. The normalized spacial score (nSPS) is 13.8. The number of carbonyl (C=O) groups excluding carboxylic acids is 1. The van der Waals surface area contributed by atoms with E-state index >= 15 is 0 Å². The number of hydrogen-bond donors (Lipinski definition) is 3. The van der Waals surface area contributed by atoms with Crippen LogP contribution in [-0.4, -0.2) is 75.1 Å². The lowest BCUT2D eigenvalue weighted by Gasteiger charge is -2.28. The first-order valence-electron chi connectivity index (χ1n) is 13.9. The average Bonchev–Trinajstić information content (AvgIpc) is 3.37. The second-order valence-corrected chi connectivity index (χ2v) is 10.6. The van der Waals surface area contributed by atoms with E-state index in [-0.39, 0.29) is 0 Å². The van der Waals surface area contributed by atoms with Crippen molar-refractivity contribution in [2.75, 3.05) is 49.2 Å². The lowest BCUT2D eigenvalue weighted by molar-refractivity contribution is -0.124. The molecule has 12 heteroatoms. The number of morpholine rings is 1. The number of hydroxylamine groups is 1. The number of amides is 1. The number of ether oxygens (including phenoxy) is 1. The molecule has 1 aliphatic rings. The van der Waals surface area contributed by atoms with Crippen molar-refractivity contribution in [1.82, 2.24) is 29.9 Å². The second kappa shape index (κ2) is 13.8. The maximum atomic E-state index is 11.2. The summed E-state index contributed by atoms with van der Waals surface area (Å²) in [6.45, 7) is 7.03.